The topological polar surface area (TPSA) is 90.5 Å². The van der Waals surface area contributed by atoms with Gasteiger partial charge < -0.3 is 20.9 Å². The second-order valence-corrected chi connectivity index (χ2v) is 9.66. The molecule has 1 unspecified atom stereocenters. The summed E-state index contributed by atoms with van der Waals surface area (Å²) in [6.07, 6.45) is 4.41. The first-order valence-corrected chi connectivity index (χ1v) is 11.6. The average molecular weight is 493 g/mol. The molecule has 1 atom stereocenters. The maximum absolute atomic E-state index is 12.4. The summed E-state index contributed by atoms with van der Waals surface area (Å²) in [6.45, 7) is 3.20. The van der Waals surface area contributed by atoms with Gasteiger partial charge in [-0.25, -0.2) is 4.79 Å². The summed E-state index contributed by atoms with van der Waals surface area (Å²) in [6, 6.07) is 9.65. The molecule has 0 spiro atoms. The Balaban J connectivity index is 1.49. The Morgan fingerprint density at radius 2 is 1.53 bits per heavy atom. The van der Waals surface area contributed by atoms with Gasteiger partial charge in [0, 0.05) is 24.5 Å². The van der Waals surface area contributed by atoms with Gasteiger partial charge in [0.05, 0.1) is 8.66 Å². The van der Waals surface area contributed by atoms with Gasteiger partial charge in [0.1, 0.15) is 6.04 Å². The number of anilines is 2. The molecule has 160 valence electrons. The van der Waals surface area contributed by atoms with Crippen LogP contribution in [0.25, 0.3) is 0 Å². The van der Waals surface area contributed by atoms with E-state index < -0.39 is 6.04 Å². The van der Waals surface area contributed by atoms with Crippen molar-refractivity contribution in [3.05, 3.63) is 45.1 Å². The fourth-order valence-corrected chi connectivity index (χ4v) is 4.42. The highest BCUT2D eigenvalue weighted by Gasteiger charge is 2.18. The zero-order valence-corrected chi connectivity index (χ0v) is 19.1. The molecule has 4 amide bonds. The summed E-state index contributed by atoms with van der Waals surface area (Å²) in [7, 11) is 0. The van der Waals surface area contributed by atoms with Gasteiger partial charge >= 0.3 is 6.03 Å². The van der Waals surface area contributed by atoms with Crippen LogP contribution in [0.15, 0.2) is 40.2 Å². The molecule has 1 aromatic carbocycles. The summed E-state index contributed by atoms with van der Waals surface area (Å²) >= 11 is 4.62. The Kier molecular flexibility index (Phi) is 7.87. The highest BCUT2D eigenvalue weighted by Crippen LogP contribution is 2.22. The van der Waals surface area contributed by atoms with Gasteiger partial charge in [-0.3, -0.25) is 9.59 Å². The Bertz CT molecular complexity index is 892. The quantitative estimate of drug-likeness (QED) is 0.565. The van der Waals surface area contributed by atoms with E-state index in [4.69, 9.17) is 0 Å². The van der Waals surface area contributed by atoms with Gasteiger partial charge in [-0.2, -0.15) is 0 Å². The van der Waals surface area contributed by atoms with Crippen LogP contribution in [0.2, 0.25) is 0 Å². The molecule has 1 fully saturated rings. The average Bonchev–Trinajstić information content (AvgIpc) is 2.99. The molecule has 3 N–H and O–H groups in total. The third kappa shape index (κ3) is 6.30. The zero-order chi connectivity index (χ0) is 21.5. The summed E-state index contributed by atoms with van der Waals surface area (Å²) in [5.74, 6) is -0.611. The minimum Gasteiger partial charge on any atom is -0.340 e. The maximum atomic E-state index is 12.4. The molecule has 1 aromatic heterocycles. The third-order valence-corrected chi connectivity index (χ3v) is 6.46. The Hall–Kier alpha value is -2.39. The summed E-state index contributed by atoms with van der Waals surface area (Å²) in [4.78, 5) is 39.3. The number of benzene rings is 1. The first kappa shape index (κ1) is 22.3. The molecule has 0 bridgehead atoms. The number of carbonyl (C=O) groups is 3. The molecule has 9 heteroatoms. The molecule has 1 aliphatic heterocycles. The van der Waals surface area contributed by atoms with E-state index in [-0.39, 0.29) is 17.8 Å². The SMILES string of the molecule is CC(NC(=O)c1ccc(Br)s1)C(=O)Nc1ccc(NC(=O)N2CCCCCC2)cc1. The van der Waals surface area contributed by atoms with Gasteiger partial charge in [-0.05, 0) is 72.1 Å². The molecule has 2 aromatic rings. The van der Waals surface area contributed by atoms with Crippen molar-refractivity contribution in [3.63, 3.8) is 0 Å². The van der Waals surface area contributed by atoms with Crippen LogP contribution < -0.4 is 16.0 Å². The lowest BCUT2D eigenvalue weighted by Gasteiger charge is -2.21. The van der Waals surface area contributed by atoms with E-state index in [1.54, 1.807) is 43.3 Å². The molecule has 0 saturated carbocycles. The molecule has 2 heterocycles. The predicted molar refractivity (Wildman–Crippen MR) is 123 cm³/mol. The van der Waals surface area contributed by atoms with Crippen molar-refractivity contribution in [3.8, 4) is 0 Å². The lowest BCUT2D eigenvalue weighted by atomic mass is 10.2. The van der Waals surface area contributed by atoms with Crippen LogP contribution in [0.1, 0.15) is 42.3 Å². The Labute approximate surface area is 188 Å². The van der Waals surface area contributed by atoms with Crippen molar-refractivity contribution in [2.75, 3.05) is 23.7 Å². The van der Waals surface area contributed by atoms with Crippen molar-refractivity contribution in [1.82, 2.24) is 10.2 Å². The van der Waals surface area contributed by atoms with Crippen LogP contribution in [0, 0.1) is 0 Å². The number of amides is 4. The van der Waals surface area contributed by atoms with E-state index in [2.05, 4.69) is 31.9 Å². The van der Waals surface area contributed by atoms with Gasteiger partial charge in [0.25, 0.3) is 5.91 Å². The number of nitrogens with one attached hydrogen (secondary N) is 3. The normalized spacial score (nSPS) is 15.1. The van der Waals surface area contributed by atoms with Crippen LogP contribution in [0.3, 0.4) is 0 Å². The summed E-state index contributed by atoms with van der Waals surface area (Å²) in [5, 5.41) is 8.36. The first-order valence-electron chi connectivity index (χ1n) is 9.95. The van der Waals surface area contributed by atoms with E-state index in [0.29, 0.717) is 16.3 Å². The molecule has 30 heavy (non-hydrogen) atoms. The minimum absolute atomic E-state index is 0.0924. The molecule has 7 nitrogen and oxygen atoms in total. The predicted octanol–water partition coefficient (Wildman–Crippen LogP) is 4.68. The smallest absolute Gasteiger partial charge is 0.321 e. The molecule has 0 aliphatic carbocycles. The van der Waals surface area contributed by atoms with Gasteiger partial charge in [-0.15, -0.1) is 11.3 Å². The highest BCUT2D eigenvalue weighted by atomic mass is 79.9. The number of carbonyl (C=O) groups excluding carboxylic acids is 3. The molecule has 1 aliphatic rings. The van der Waals surface area contributed by atoms with Crippen LogP contribution >= 0.6 is 27.3 Å². The zero-order valence-electron chi connectivity index (χ0n) is 16.7. The maximum Gasteiger partial charge on any atom is 0.321 e. The van der Waals surface area contributed by atoms with Crippen molar-refractivity contribution < 1.29 is 14.4 Å². The van der Waals surface area contributed by atoms with Crippen LogP contribution in [-0.4, -0.2) is 41.9 Å². The second-order valence-electron chi connectivity index (χ2n) is 7.20. The monoisotopic (exact) mass is 492 g/mol. The molecular weight excluding hydrogens is 468 g/mol. The molecule has 0 radical (unpaired) electrons. The van der Waals surface area contributed by atoms with E-state index >= 15 is 0 Å². The molecule has 3 rings (SSSR count). The number of hydrogen-bond donors (Lipinski definition) is 3. The number of halogens is 1. The lowest BCUT2D eigenvalue weighted by Crippen LogP contribution is -2.41. The van der Waals surface area contributed by atoms with Crippen LogP contribution in [0.4, 0.5) is 16.2 Å². The summed E-state index contributed by atoms with van der Waals surface area (Å²) < 4.78 is 0.854. The van der Waals surface area contributed by atoms with E-state index in [1.165, 1.54) is 24.2 Å². The van der Waals surface area contributed by atoms with Crippen molar-refractivity contribution >= 4 is 56.5 Å². The van der Waals surface area contributed by atoms with Crippen LogP contribution in [0.5, 0.6) is 0 Å². The Morgan fingerprint density at radius 3 is 2.10 bits per heavy atom. The molecular formula is C21H25BrN4O3S. The Morgan fingerprint density at radius 1 is 0.933 bits per heavy atom. The highest BCUT2D eigenvalue weighted by molar-refractivity contribution is 9.11. The van der Waals surface area contributed by atoms with Gasteiger partial charge in [0.2, 0.25) is 5.91 Å². The minimum atomic E-state index is -0.694. The number of rotatable bonds is 5. The van der Waals surface area contributed by atoms with Crippen molar-refractivity contribution in [2.24, 2.45) is 0 Å². The van der Waals surface area contributed by atoms with Gasteiger partial charge in [0.15, 0.2) is 0 Å². The van der Waals surface area contributed by atoms with E-state index in [1.807, 2.05) is 4.90 Å². The number of urea groups is 1. The molecule has 1 saturated heterocycles. The first-order chi connectivity index (χ1) is 14.4. The van der Waals surface area contributed by atoms with Crippen LogP contribution in [-0.2, 0) is 4.79 Å². The second kappa shape index (κ2) is 10.6. The number of nitrogens with zero attached hydrogens (tertiary/aromatic N) is 1. The van der Waals surface area contributed by atoms with Gasteiger partial charge in [-0.1, -0.05) is 12.8 Å². The largest absolute Gasteiger partial charge is 0.340 e. The standard InChI is InChI=1S/C21H25BrN4O3S/c1-14(23-20(28)17-10-11-18(22)30-17)19(27)24-15-6-8-16(9-7-15)25-21(29)26-12-4-2-3-5-13-26/h6-11,14H,2-5,12-13H2,1H3,(H,23,28)(H,24,27)(H,25,29). The number of likely N-dealkylation sites (tertiary alicyclic amines) is 1. The van der Waals surface area contributed by atoms with E-state index in [0.717, 1.165) is 29.7 Å². The number of thiophene rings is 1. The third-order valence-electron chi connectivity index (χ3n) is 4.83. The van der Waals surface area contributed by atoms with Crippen molar-refractivity contribution in [1.29, 1.82) is 0 Å². The van der Waals surface area contributed by atoms with E-state index in [9.17, 15) is 14.4 Å². The van der Waals surface area contributed by atoms with Crippen molar-refractivity contribution in [2.45, 2.75) is 38.6 Å². The fraction of sp³-hybridized carbons (Fsp3) is 0.381. The summed E-state index contributed by atoms with van der Waals surface area (Å²) in [5.41, 5.74) is 1.26. The lowest BCUT2D eigenvalue weighted by molar-refractivity contribution is -0.117. The fourth-order valence-electron chi connectivity index (χ4n) is 3.13. The number of hydrogen-bond acceptors (Lipinski definition) is 4.